The quantitative estimate of drug-likeness (QED) is 0.144. The predicted octanol–water partition coefficient (Wildman–Crippen LogP) is 4.78. The van der Waals surface area contributed by atoms with Crippen LogP contribution in [-0.2, 0) is 17.8 Å². The van der Waals surface area contributed by atoms with Gasteiger partial charge in [0.2, 0.25) is 5.91 Å². The van der Waals surface area contributed by atoms with Gasteiger partial charge < -0.3 is 9.47 Å². The van der Waals surface area contributed by atoms with Gasteiger partial charge in [-0.25, -0.2) is 5.43 Å². The Kier molecular flexibility index (Phi) is 9.27. The van der Waals surface area contributed by atoms with Crippen LogP contribution >= 0.6 is 22.6 Å². The van der Waals surface area contributed by atoms with E-state index in [-0.39, 0.29) is 30.0 Å². The third kappa shape index (κ3) is 7.21. The SMILES string of the molecule is CCOc1cc(/C=N/NC(=O)Cc2ccccc2[N+](=O)[O-])cc(I)c1OCc1ccc([N+](=O)[O-])cc1. The first-order valence-corrected chi connectivity index (χ1v) is 11.7. The number of nitrogens with zero attached hydrogens (tertiary/aromatic N) is 3. The summed E-state index contributed by atoms with van der Waals surface area (Å²) in [6, 6.07) is 15.6. The first kappa shape index (κ1) is 26.5. The fourth-order valence-corrected chi connectivity index (χ4v) is 3.95. The summed E-state index contributed by atoms with van der Waals surface area (Å²) >= 11 is 2.09. The molecule has 0 heterocycles. The van der Waals surface area contributed by atoms with Gasteiger partial charge in [0.1, 0.15) is 6.61 Å². The molecule has 36 heavy (non-hydrogen) atoms. The lowest BCUT2D eigenvalue weighted by Gasteiger charge is -2.14. The Bertz CT molecular complexity index is 1300. The third-order valence-electron chi connectivity index (χ3n) is 4.80. The van der Waals surface area contributed by atoms with Crippen LogP contribution in [0.3, 0.4) is 0 Å². The highest BCUT2D eigenvalue weighted by Crippen LogP contribution is 2.34. The number of hydrogen-bond donors (Lipinski definition) is 1. The second kappa shape index (κ2) is 12.6. The molecular weight excluding hydrogens is 583 g/mol. The van der Waals surface area contributed by atoms with Crippen LogP contribution in [0.25, 0.3) is 0 Å². The molecule has 186 valence electrons. The molecule has 0 saturated heterocycles. The highest BCUT2D eigenvalue weighted by atomic mass is 127. The van der Waals surface area contributed by atoms with E-state index in [0.29, 0.717) is 23.7 Å². The van der Waals surface area contributed by atoms with Gasteiger partial charge >= 0.3 is 0 Å². The number of hydrazone groups is 1. The fourth-order valence-electron chi connectivity index (χ4n) is 3.16. The van der Waals surface area contributed by atoms with Crippen LogP contribution in [0.15, 0.2) is 65.8 Å². The van der Waals surface area contributed by atoms with E-state index in [1.54, 1.807) is 30.3 Å². The maximum absolute atomic E-state index is 12.2. The van der Waals surface area contributed by atoms with Gasteiger partial charge in [-0.15, -0.1) is 0 Å². The Labute approximate surface area is 219 Å². The molecule has 3 aromatic rings. The van der Waals surface area contributed by atoms with Gasteiger partial charge in [0.15, 0.2) is 11.5 Å². The lowest BCUT2D eigenvalue weighted by atomic mass is 10.1. The normalized spacial score (nSPS) is 10.7. The number of non-ortho nitro benzene ring substituents is 1. The first-order valence-electron chi connectivity index (χ1n) is 10.6. The van der Waals surface area contributed by atoms with E-state index < -0.39 is 15.8 Å². The minimum absolute atomic E-state index is 0.000980. The molecule has 3 aromatic carbocycles. The largest absolute Gasteiger partial charge is 0.490 e. The number of nitrogens with one attached hydrogen (secondary N) is 1. The zero-order valence-corrected chi connectivity index (χ0v) is 21.2. The zero-order chi connectivity index (χ0) is 26.1. The van der Waals surface area contributed by atoms with E-state index in [0.717, 1.165) is 9.13 Å². The third-order valence-corrected chi connectivity index (χ3v) is 5.61. The highest BCUT2D eigenvalue weighted by Gasteiger charge is 2.16. The lowest BCUT2D eigenvalue weighted by molar-refractivity contribution is -0.385. The van der Waals surface area contributed by atoms with Gasteiger partial charge in [-0.05, 0) is 64.9 Å². The predicted molar refractivity (Wildman–Crippen MR) is 140 cm³/mol. The van der Waals surface area contributed by atoms with Gasteiger partial charge in [0.25, 0.3) is 11.4 Å². The van der Waals surface area contributed by atoms with Crippen LogP contribution in [0.2, 0.25) is 0 Å². The van der Waals surface area contributed by atoms with Crippen molar-refractivity contribution in [3.05, 3.63) is 101 Å². The van der Waals surface area contributed by atoms with Crippen LogP contribution < -0.4 is 14.9 Å². The van der Waals surface area contributed by atoms with E-state index in [1.807, 2.05) is 6.92 Å². The molecule has 0 aliphatic rings. The summed E-state index contributed by atoms with van der Waals surface area (Å²) in [5.41, 5.74) is 3.93. The molecule has 12 heteroatoms. The van der Waals surface area contributed by atoms with E-state index >= 15 is 0 Å². The van der Waals surface area contributed by atoms with E-state index in [2.05, 4.69) is 33.1 Å². The standard InChI is InChI=1S/C24H21IN4O7/c1-2-35-22-12-17(14-26-27-23(30)13-18-5-3-4-6-21(18)29(33)34)11-20(25)24(22)36-15-16-7-9-19(10-8-16)28(31)32/h3-12,14H,2,13,15H2,1H3,(H,27,30)/b26-14+. The summed E-state index contributed by atoms with van der Waals surface area (Å²) in [6.07, 6.45) is 1.24. The number of para-hydroxylation sites is 1. The molecule has 0 bridgehead atoms. The fraction of sp³-hybridized carbons (Fsp3) is 0.167. The average molecular weight is 604 g/mol. The van der Waals surface area contributed by atoms with Crippen molar-refractivity contribution in [2.45, 2.75) is 20.0 Å². The summed E-state index contributed by atoms with van der Waals surface area (Å²) in [5.74, 6) is 0.482. The van der Waals surface area contributed by atoms with Crippen molar-refractivity contribution in [1.82, 2.24) is 5.43 Å². The van der Waals surface area contributed by atoms with E-state index in [1.165, 1.54) is 36.5 Å². The molecule has 0 aliphatic carbocycles. The van der Waals surface area contributed by atoms with Crippen molar-refractivity contribution in [3.63, 3.8) is 0 Å². The number of carbonyl (C=O) groups is 1. The van der Waals surface area contributed by atoms with Crippen molar-refractivity contribution in [2.24, 2.45) is 5.10 Å². The molecule has 1 N–H and O–H groups in total. The van der Waals surface area contributed by atoms with Crippen molar-refractivity contribution in [3.8, 4) is 11.5 Å². The summed E-state index contributed by atoms with van der Waals surface area (Å²) in [5, 5.41) is 25.9. The number of nitro groups is 2. The summed E-state index contributed by atoms with van der Waals surface area (Å²) in [7, 11) is 0. The number of benzene rings is 3. The van der Waals surface area contributed by atoms with E-state index in [4.69, 9.17) is 9.47 Å². The van der Waals surface area contributed by atoms with Crippen molar-refractivity contribution in [1.29, 1.82) is 0 Å². The average Bonchev–Trinajstić information content (AvgIpc) is 2.84. The Hall–Kier alpha value is -4.07. The second-order valence-corrected chi connectivity index (χ2v) is 8.49. The highest BCUT2D eigenvalue weighted by molar-refractivity contribution is 14.1. The molecule has 0 radical (unpaired) electrons. The number of amides is 1. The number of rotatable bonds is 11. The number of nitro benzene ring substituents is 2. The number of halogens is 1. The van der Waals surface area contributed by atoms with Crippen molar-refractivity contribution in [2.75, 3.05) is 6.61 Å². The maximum Gasteiger partial charge on any atom is 0.273 e. The molecule has 11 nitrogen and oxygen atoms in total. The van der Waals surface area contributed by atoms with Gasteiger partial charge in [-0.2, -0.15) is 5.10 Å². The lowest BCUT2D eigenvalue weighted by Crippen LogP contribution is -2.20. The molecule has 0 aliphatic heterocycles. The van der Waals surface area contributed by atoms with Crippen LogP contribution in [0, 0.1) is 23.8 Å². The molecular formula is C24H21IN4O7. The Morgan fingerprint density at radius 1 is 1.06 bits per heavy atom. The molecule has 0 unspecified atom stereocenters. The molecule has 3 rings (SSSR count). The summed E-state index contributed by atoms with van der Waals surface area (Å²) in [6.45, 7) is 2.40. The molecule has 0 saturated carbocycles. The van der Waals surface area contributed by atoms with Gasteiger partial charge in [0, 0.05) is 23.8 Å². The van der Waals surface area contributed by atoms with Gasteiger partial charge in [0.05, 0.1) is 32.7 Å². The molecule has 1 amide bonds. The molecule has 0 atom stereocenters. The van der Waals surface area contributed by atoms with Crippen LogP contribution in [-0.4, -0.2) is 28.6 Å². The maximum atomic E-state index is 12.2. The molecule has 0 fully saturated rings. The number of hydrogen-bond acceptors (Lipinski definition) is 8. The minimum Gasteiger partial charge on any atom is -0.490 e. The van der Waals surface area contributed by atoms with Crippen LogP contribution in [0.4, 0.5) is 11.4 Å². The zero-order valence-electron chi connectivity index (χ0n) is 19.0. The number of carbonyl (C=O) groups excluding carboxylic acids is 1. The van der Waals surface area contributed by atoms with E-state index in [9.17, 15) is 25.0 Å². The number of ether oxygens (including phenoxy) is 2. The van der Waals surface area contributed by atoms with Crippen molar-refractivity contribution < 1.29 is 24.1 Å². The molecule has 0 spiro atoms. The summed E-state index contributed by atoms with van der Waals surface area (Å²) < 4.78 is 12.4. The Balaban J connectivity index is 1.67. The Morgan fingerprint density at radius 2 is 1.78 bits per heavy atom. The second-order valence-electron chi connectivity index (χ2n) is 7.33. The van der Waals surface area contributed by atoms with Crippen molar-refractivity contribution >= 4 is 46.1 Å². The molecule has 0 aromatic heterocycles. The first-order chi connectivity index (χ1) is 17.3. The minimum atomic E-state index is -0.533. The van der Waals surface area contributed by atoms with Crippen LogP contribution in [0.5, 0.6) is 11.5 Å². The summed E-state index contributed by atoms with van der Waals surface area (Å²) in [4.78, 5) is 33.1. The van der Waals surface area contributed by atoms with Gasteiger partial charge in [-0.3, -0.25) is 25.0 Å². The monoisotopic (exact) mass is 604 g/mol. The smallest absolute Gasteiger partial charge is 0.273 e. The Morgan fingerprint density at radius 3 is 2.44 bits per heavy atom. The van der Waals surface area contributed by atoms with Gasteiger partial charge in [-0.1, -0.05) is 18.2 Å². The van der Waals surface area contributed by atoms with Crippen LogP contribution in [0.1, 0.15) is 23.6 Å². The topological polar surface area (TPSA) is 146 Å².